The Labute approximate surface area is 433 Å². The summed E-state index contributed by atoms with van der Waals surface area (Å²) in [6.07, 6.45) is 12.5. The molecule has 1 spiro atoms. The Morgan fingerprint density at radius 3 is 2.27 bits per heavy atom. The number of rotatable bonds is 13. The zero-order valence-electron chi connectivity index (χ0n) is 42.6. The number of allylic oxidation sites excluding steroid dienone is 1. The lowest BCUT2D eigenvalue weighted by Gasteiger charge is -2.61. The number of piperazine rings is 1. The number of aliphatic hydroxyl groups is 1. The molecular formula is C54H71N13O5S. The number of thioether (sulfide) groups is 1. The monoisotopic (exact) mass is 1010 g/mol. The van der Waals surface area contributed by atoms with Gasteiger partial charge in [-0.15, -0.1) is 22.0 Å². The summed E-state index contributed by atoms with van der Waals surface area (Å²) in [4.78, 5) is 43.9. The number of benzene rings is 2. The number of para-hydroxylation sites is 1. The summed E-state index contributed by atoms with van der Waals surface area (Å²) in [5.41, 5.74) is 7.66. The number of aliphatic hydroxyl groups excluding tert-OH is 1. The predicted molar refractivity (Wildman–Crippen MR) is 287 cm³/mol. The number of carbonyl (C=O) groups is 2. The number of nitrogens with zero attached hydrogens (tertiary/aromatic N) is 10. The van der Waals surface area contributed by atoms with Gasteiger partial charge in [0.25, 0.3) is 0 Å². The number of carbonyl (C=O) groups excluding carboxylic acids is 2. The third-order valence-corrected chi connectivity index (χ3v) is 16.1. The van der Waals surface area contributed by atoms with E-state index < -0.39 is 0 Å². The highest BCUT2D eigenvalue weighted by Gasteiger charge is 2.54. The van der Waals surface area contributed by atoms with Crippen LogP contribution in [0, 0.1) is 11.3 Å². The maximum Gasteiger partial charge on any atom is 0.225 e. The van der Waals surface area contributed by atoms with Crippen LogP contribution in [0.2, 0.25) is 0 Å². The molecule has 5 N–H and O–H groups in total. The van der Waals surface area contributed by atoms with E-state index in [0.29, 0.717) is 48.0 Å². The molecule has 1 unspecified atom stereocenters. The molecule has 73 heavy (non-hydrogen) atoms. The average molecular weight is 1010 g/mol. The lowest BCUT2D eigenvalue weighted by Crippen LogP contribution is -2.67. The Bertz CT molecular complexity index is 2620. The van der Waals surface area contributed by atoms with E-state index in [1.54, 1.807) is 23.3 Å². The molecule has 0 bridgehead atoms. The number of aromatic nitrogens is 5. The predicted octanol–water partition coefficient (Wildman–Crippen LogP) is 6.38. The van der Waals surface area contributed by atoms with E-state index in [4.69, 9.17) is 14.5 Å². The second kappa shape index (κ2) is 23.6. The topological polar surface area (TPSA) is 204 Å². The van der Waals surface area contributed by atoms with Gasteiger partial charge in [-0.3, -0.25) is 9.59 Å². The number of likely N-dealkylation sites (tertiary alicyclic amines) is 2. The van der Waals surface area contributed by atoms with Gasteiger partial charge in [-0.25, -0.2) is 9.97 Å². The van der Waals surface area contributed by atoms with Crippen LogP contribution >= 0.6 is 11.8 Å². The Morgan fingerprint density at radius 1 is 0.932 bits per heavy atom. The molecule has 6 aliphatic rings. The first-order valence-corrected chi connectivity index (χ1v) is 26.8. The van der Waals surface area contributed by atoms with Crippen LogP contribution in [0.15, 0.2) is 89.5 Å². The van der Waals surface area contributed by atoms with Crippen molar-refractivity contribution in [1.29, 1.82) is 0 Å². The quantitative estimate of drug-likeness (QED) is 0.0812. The molecule has 5 fully saturated rings. The number of anilines is 4. The fourth-order valence-corrected chi connectivity index (χ4v) is 11.9. The highest BCUT2D eigenvalue weighted by molar-refractivity contribution is 8.08. The van der Waals surface area contributed by atoms with Gasteiger partial charge >= 0.3 is 0 Å². The van der Waals surface area contributed by atoms with Crippen LogP contribution in [-0.4, -0.2) is 148 Å². The first-order chi connectivity index (χ1) is 35.5. The van der Waals surface area contributed by atoms with E-state index in [-0.39, 0.29) is 17.8 Å². The number of nitrogens with one attached hydrogen (secondary N) is 3. The average Bonchev–Trinajstić information content (AvgIpc) is 4.19. The number of phenols is 1. The highest BCUT2D eigenvalue weighted by atomic mass is 32.2. The Hall–Kier alpha value is -6.44. The van der Waals surface area contributed by atoms with Crippen molar-refractivity contribution in [3.05, 3.63) is 102 Å². The summed E-state index contributed by atoms with van der Waals surface area (Å²) >= 11 is 1.82. The Morgan fingerprint density at radius 2 is 1.66 bits per heavy atom. The first-order valence-electron chi connectivity index (χ1n) is 25.8. The molecule has 388 valence electrons. The number of hydrogen-bond donors (Lipinski definition) is 5. The zero-order chi connectivity index (χ0) is 50.9. The van der Waals surface area contributed by atoms with E-state index in [1.807, 2.05) is 69.1 Å². The minimum atomic E-state index is -0.291. The van der Waals surface area contributed by atoms with Gasteiger partial charge in [-0.2, -0.15) is 0 Å². The van der Waals surface area contributed by atoms with Crippen molar-refractivity contribution in [3.8, 4) is 17.0 Å². The van der Waals surface area contributed by atoms with Crippen LogP contribution in [0.1, 0.15) is 81.9 Å². The van der Waals surface area contributed by atoms with Gasteiger partial charge in [-0.05, 0) is 98.8 Å². The number of β-amino-alcohol motifs (C(OH)–C–C–N with tert-alkyl or cyclic N) is 1. The molecule has 18 nitrogen and oxygen atoms in total. The fraction of sp³-hybridized carbons (Fsp3) is 0.500. The maximum absolute atomic E-state index is 11.4. The van der Waals surface area contributed by atoms with Gasteiger partial charge in [0.15, 0.2) is 11.6 Å². The Balaban J connectivity index is 0.000000191. The van der Waals surface area contributed by atoms with Crippen LogP contribution in [-0.2, 0) is 16.1 Å². The van der Waals surface area contributed by atoms with Crippen molar-refractivity contribution in [2.75, 3.05) is 98.4 Å². The van der Waals surface area contributed by atoms with E-state index in [1.165, 1.54) is 47.4 Å². The molecule has 0 radical (unpaired) electrons. The normalized spacial score (nSPS) is 19.9. The molecule has 1 saturated carbocycles. The van der Waals surface area contributed by atoms with Crippen molar-refractivity contribution in [1.82, 2.24) is 45.8 Å². The van der Waals surface area contributed by atoms with Gasteiger partial charge in [-0.1, -0.05) is 55.4 Å². The Kier molecular flexibility index (Phi) is 16.7. The third-order valence-electron chi connectivity index (χ3n) is 15.0. The van der Waals surface area contributed by atoms with Crippen molar-refractivity contribution < 1.29 is 24.3 Å². The highest BCUT2D eigenvalue weighted by Crippen LogP contribution is 2.52. The number of aromatic hydroxyl groups is 1. The minimum Gasteiger partial charge on any atom is -0.507 e. The van der Waals surface area contributed by atoms with E-state index in [0.717, 1.165) is 112 Å². The summed E-state index contributed by atoms with van der Waals surface area (Å²) in [6, 6.07) is 20.2. The maximum atomic E-state index is 11.4. The number of piperidine rings is 1. The van der Waals surface area contributed by atoms with Crippen LogP contribution < -0.4 is 30.7 Å². The molecule has 5 aliphatic heterocycles. The van der Waals surface area contributed by atoms with Gasteiger partial charge in [0.2, 0.25) is 18.3 Å². The second-order valence-electron chi connectivity index (χ2n) is 20.6. The van der Waals surface area contributed by atoms with Crippen LogP contribution in [0.3, 0.4) is 0 Å². The smallest absolute Gasteiger partial charge is 0.225 e. The van der Waals surface area contributed by atoms with Gasteiger partial charge in [0, 0.05) is 118 Å². The molecule has 5 aromatic rings. The van der Waals surface area contributed by atoms with Gasteiger partial charge < -0.3 is 55.2 Å². The van der Waals surface area contributed by atoms with Crippen molar-refractivity contribution in [3.63, 3.8) is 0 Å². The van der Waals surface area contributed by atoms with E-state index >= 15 is 0 Å². The fourth-order valence-electron chi connectivity index (χ4n) is 10.9. The largest absolute Gasteiger partial charge is 0.507 e. The van der Waals surface area contributed by atoms with Gasteiger partial charge in [0.1, 0.15) is 12.0 Å². The molecular weight excluding hydrogens is 943 g/mol. The SMILES string of the molecule is CC(C)CC(=O)N1CCC(O)C1.CC1=C(c2ccc(CNC=O)cc2)SCN1.CNc1nnc(-c2ccccc2O)cc1N1CCN(c2ncc(C3CCN(C4CC5(C4)CN(c4ccon4)C5)CC3)cn2)CC1. The van der Waals surface area contributed by atoms with E-state index in [2.05, 4.69) is 82.4 Å². The zero-order valence-corrected chi connectivity index (χ0v) is 43.4. The second-order valence-corrected chi connectivity index (χ2v) is 21.6. The number of hydrogen-bond acceptors (Lipinski definition) is 17. The molecule has 19 heteroatoms. The summed E-state index contributed by atoms with van der Waals surface area (Å²) in [7, 11) is 1.86. The third kappa shape index (κ3) is 12.5. The molecule has 1 aliphatic carbocycles. The molecule has 4 saturated heterocycles. The summed E-state index contributed by atoms with van der Waals surface area (Å²) in [5.74, 6) is 4.78. The molecule has 3 aromatic heterocycles. The van der Waals surface area contributed by atoms with Crippen LogP contribution in [0.25, 0.3) is 16.2 Å². The first kappa shape index (κ1) is 51.5. The number of amides is 2. The molecule has 2 amide bonds. The number of phenolic OH excluding ortho intramolecular Hbond substituents is 1. The van der Waals surface area contributed by atoms with Crippen molar-refractivity contribution in [2.45, 2.75) is 83.9 Å². The molecule has 1 atom stereocenters. The van der Waals surface area contributed by atoms with Crippen molar-refractivity contribution >= 4 is 52.3 Å². The summed E-state index contributed by atoms with van der Waals surface area (Å²) < 4.78 is 5.01. The molecule has 2 aromatic carbocycles. The van der Waals surface area contributed by atoms with Crippen LogP contribution in [0.4, 0.5) is 23.3 Å². The van der Waals surface area contributed by atoms with Crippen LogP contribution in [0.5, 0.6) is 5.75 Å². The van der Waals surface area contributed by atoms with E-state index in [9.17, 15) is 19.8 Å². The van der Waals surface area contributed by atoms with Gasteiger partial charge in [0.05, 0.1) is 23.4 Å². The standard InChI is InChI=1S/C33H40N10O2.C12H14N2OS.C9H17NO2/c1-34-31-28(16-27(37-38-31)26-4-2-3-5-29(26)44)41-11-13-42(14-12-41)32-35-19-24(20-36-32)23-6-9-40(10-7-23)25-17-33(18-25)21-43(22-33)30-8-15-45-39-30;1-9-12(16-8-14-9)11-4-2-10(3-5-11)6-13-7-15;1-7(2)5-9(12)10-4-3-8(11)6-10/h2-5,8,15-16,19-20,23,25,44H,6-7,9-14,17-18,21-22H2,1H3,(H,34,38);2-5,7,14H,6,8H2,1H3,(H,13,15);7-8,11H,3-6H2,1-2H3. The minimum absolute atomic E-state index is 0.182. The summed E-state index contributed by atoms with van der Waals surface area (Å²) in [6.45, 7) is 15.8. The lowest BCUT2D eigenvalue weighted by atomic mass is 9.60. The molecule has 8 heterocycles. The summed E-state index contributed by atoms with van der Waals surface area (Å²) in [5, 5.41) is 41.5. The molecule has 11 rings (SSSR count). The lowest BCUT2D eigenvalue weighted by molar-refractivity contribution is -0.131. The van der Waals surface area contributed by atoms with Crippen molar-refractivity contribution in [2.24, 2.45) is 11.3 Å².